The lowest BCUT2D eigenvalue weighted by Gasteiger charge is -2.11. The summed E-state index contributed by atoms with van der Waals surface area (Å²) in [6.45, 7) is 7.11. The van der Waals surface area contributed by atoms with E-state index in [4.69, 9.17) is 15.9 Å². The fourth-order valence-electron chi connectivity index (χ4n) is 1.31. The minimum atomic E-state index is 0.502. The van der Waals surface area contributed by atoms with E-state index in [9.17, 15) is 0 Å². The monoisotopic (exact) mass is 237 g/mol. The van der Waals surface area contributed by atoms with Gasteiger partial charge in [-0.15, -0.1) is 0 Å². The SMILES string of the molecule is CC.COCCNc1ccc(N)cc1C(C)=N. The van der Waals surface area contributed by atoms with Crippen LogP contribution in [0.4, 0.5) is 11.4 Å². The number of hydrogen-bond donors (Lipinski definition) is 3. The molecule has 1 rings (SSSR count). The highest BCUT2D eigenvalue weighted by Gasteiger charge is 2.04. The van der Waals surface area contributed by atoms with Crippen molar-refractivity contribution in [1.29, 1.82) is 5.41 Å². The molecule has 0 aliphatic rings. The number of nitrogens with two attached hydrogens (primary N) is 1. The van der Waals surface area contributed by atoms with Crippen LogP contribution in [0, 0.1) is 5.41 Å². The molecule has 4 heteroatoms. The van der Waals surface area contributed by atoms with Gasteiger partial charge in [-0.2, -0.15) is 0 Å². The predicted molar refractivity (Wildman–Crippen MR) is 75.1 cm³/mol. The van der Waals surface area contributed by atoms with Crippen molar-refractivity contribution in [3.63, 3.8) is 0 Å². The summed E-state index contributed by atoms with van der Waals surface area (Å²) in [6.07, 6.45) is 0. The van der Waals surface area contributed by atoms with E-state index in [1.54, 1.807) is 20.1 Å². The van der Waals surface area contributed by atoms with Crippen LogP contribution in [0.5, 0.6) is 0 Å². The van der Waals surface area contributed by atoms with Gasteiger partial charge >= 0.3 is 0 Å². The molecule has 0 aromatic heterocycles. The Morgan fingerprint density at radius 2 is 2.06 bits per heavy atom. The zero-order valence-corrected chi connectivity index (χ0v) is 11.1. The normalized spacial score (nSPS) is 9.18. The van der Waals surface area contributed by atoms with Gasteiger partial charge in [-0.1, -0.05) is 13.8 Å². The fourth-order valence-corrected chi connectivity index (χ4v) is 1.31. The second-order valence-corrected chi connectivity index (χ2v) is 3.35. The number of nitrogens with one attached hydrogen (secondary N) is 2. The van der Waals surface area contributed by atoms with Gasteiger partial charge in [0.25, 0.3) is 0 Å². The summed E-state index contributed by atoms with van der Waals surface area (Å²) in [5.41, 5.74) is 8.61. The molecule has 0 atom stereocenters. The van der Waals surface area contributed by atoms with Crippen LogP contribution in [0.15, 0.2) is 18.2 Å². The third-order valence-corrected chi connectivity index (χ3v) is 2.07. The fraction of sp³-hybridized carbons (Fsp3) is 0.462. The van der Waals surface area contributed by atoms with Crippen molar-refractivity contribution in [2.24, 2.45) is 0 Å². The van der Waals surface area contributed by atoms with E-state index >= 15 is 0 Å². The molecule has 0 saturated heterocycles. The molecule has 17 heavy (non-hydrogen) atoms. The molecule has 0 spiro atoms. The molecule has 0 aliphatic heterocycles. The van der Waals surface area contributed by atoms with E-state index in [2.05, 4.69) is 5.32 Å². The van der Waals surface area contributed by atoms with E-state index < -0.39 is 0 Å². The number of anilines is 2. The first-order valence-electron chi connectivity index (χ1n) is 5.83. The highest BCUT2D eigenvalue weighted by atomic mass is 16.5. The number of hydrogen-bond acceptors (Lipinski definition) is 4. The maximum absolute atomic E-state index is 7.63. The van der Waals surface area contributed by atoms with Crippen LogP contribution >= 0.6 is 0 Å². The average molecular weight is 237 g/mol. The lowest BCUT2D eigenvalue weighted by Crippen LogP contribution is -2.10. The lowest BCUT2D eigenvalue weighted by molar-refractivity contribution is 0.211. The van der Waals surface area contributed by atoms with Gasteiger partial charge in [-0.25, -0.2) is 0 Å². The van der Waals surface area contributed by atoms with E-state index in [1.807, 2.05) is 26.0 Å². The van der Waals surface area contributed by atoms with Gasteiger partial charge < -0.3 is 21.2 Å². The van der Waals surface area contributed by atoms with E-state index in [-0.39, 0.29) is 0 Å². The quantitative estimate of drug-likeness (QED) is 0.419. The Morgan fingerprint density at radius 3 is 2.59 bits per heavy atom. The number of nitrogen functional groups attached to an aromatic ring is 1. The molecule has 1 aromatic carbocycles. The molecular weight excluding hydrogens is 214 g/mol. The molecular formula is C13H23N3O. The molecule has 0 fully saturated rings. The van der Waals surface area contributed by atoms with Gasteiger partial charge in [0.15, 0.2) is 0 Å². The molecule has 0 heterocycles. The van der Waals surface area contributed by atoms with Gasteiger partial charge in [-0.05, 0) is 25.1 Å². The largest absolute Gasteiger partial charge is 0.399 e. The lowest BCUT2D eigenvalue weighted by atomic mass is 10.1. The summed E-state index contributed by atoms with van der Waals surface area (Å²) >= 11 is 0. The van der Waals surface area contributed by atoms with Crippen molar-refractivity contribution in [3.05, 3.63) is 23.8 Å². The summed E-state index contributed by atoms with van der Waals surface area (Å²) in [5, 5.41) is 10.8. The number of methoxy groups -OCH3 is 1. The number of ether oxygens (including phenoxy) is 1. The smallest absolute Gasteiger partial charge is 0.0635 e. The summed E-state index contributed by atoms with van der Waals surface area (Å²) in [5.74, 6) is 0. The third kappa shape index (κ3) is 5.36. The molecule has 1 aromatic rings. The van der Waals surface area contributed by atoms with Crippen LogP contribution in [-0.2, 0) is 4.74 Å². The highest BCUT2D eigenvalue weighted by molar-refractivity contribution is 6.02. The van der Waals surface area contributed by atoms with E-state index in [0.717, 1.165) is 17.8 Å². The van der Waals surface area contributed by atoms with Gasteiger partial charge in [0.05, 0.1) is 6.61 Å². The van der Waals surface area contributed by atoms with Crippen LogP contribution in [0.25, 0.3) is 0 Å². The number of rotatable bonds is 5. The van der Waals surface area contributed by atoms with Gasteiger partial charge in [0.1, 0.15) is 0 Å². The first-order chi connectivity index (χ1) is 8.15. The summed E-state index contributed by atoms with van der Waals surface area (Å²) in [7, 11) is 1.66. The van der Waals surface area contributed by atoms with Crippen molar-refractivity contribution in [2.45, 2.75) is 20.8 Å². The Kier molecular flexibility index (Phi) is 7.80. The summed E-state index contributed by atoms with van der Waals surface area (Å²) in [6, 6.07) is 5.51. The predicted octanol–water partition coefficient (Wildman–Crippen LogP) is 2.74. The van der Waals surface area contributed by atoms with Gasteiger partial charge in [0, 0.05) is 36.3 Å². The second-order valence-electron chi connectivity index (χ2n) is 3.35. The Balaban J connectivity index is 0.00000121. The van der Waals surface area contributed by atoms with Crippen molar-refractivity contribution >= 4 is 17.1 Å². The van der Waals surface area contributed by atoms with E-state index in [1.165, 1.54) is 0 Å². The molecule has 0 aliphatic carbocycles. The number of benzene rings is 1. The molecule has 0 saturated carbocycles. The molecule has 0 amide bonds. The topological polar surface area (TPSA) is 71.1 Å². The van der Waals surface area contributed by atoms with Gasteiger partial charge in [-0.3, -0.25) is 0 Å². The standard InChI is InChI=1S/C11H17N3O.C2H6/c1-8(12)10-7-9(13)3-4-11(10)14-5-6-15-2;1-2/h3-4,7,12,14H,5-6,13H2,1-2H3;1-2H3. The molecule has 96 valence electrons. The van der Waals surface area contributed by atoms with Gasteiger partial charge in [0.2, 0.25) is 0 Å². The maximum atomic E-state index is 7.63. The Labute approximate surface area is 104 Å². The Morgan fingerprint density at radius 1 is 1.41 bits per heavy atom. The molecule has 0 bridgehead atoms. The first-order valence-corrected chi connectivity index (χ1v) is 5.83. The van der Waals surface area contributed by atoms with Crippen molar-refractivity contribution in [2.75, 3.05) is 31.3 Å². The highest BCUT2D eigenvalue weighted by Crippen LogP contribution is 2.19. The zero-order valence-electron chi connectivity index (χ0n) is 11.1. The van der Waals surface area contributed by atoms with Crippen LogP contribution in [0.2, 0.25) is 0 Å². The van der Waals surface area contributed by atoms with Crippen LogP contribution in [0.3, 0.4) is 0 Å². The first kappa shape index (κ1) is 15.5. The molecule has 4 nitrogen and oxygen atoms in total. The van der Waals surface area contributed by atoms with Crippen LogP contribution in [0.1, 0.15) is 26.3 Å². The zero-order chi connectivity index (χ0) is 13.3. The van der Waals surface area contributed by atoms with Crippen LogP contribution < -0.4 is 11.1 Å². The summed E-state index contributed by atoms with van der Waals surface area (Å²) in [4.78, 5) is 0. The second kappa shape index (κ2) is 8.58. The molecule has 4 N–H and O–H groups in total. The van der Waals surface area contributed by atoms with Crippen molar-refractivity contribution in [3.8, 4) is 0 Å². The van der Waals surface area contributed by atoms with E-state index in [0.29, 0.717) is 18.0 Å². The third-order valence-electron chi connectivity index (χ3n) is 2.07. The maximum Gasteiger partial charge on any atom is 0.0635 e. The Bertz CT molecular complexity index is 351. The minimum absolute atomic E-state index is 0.502. The summed E-state index contributed by atoms with van der Waals surface area (Å²) < 4.78 is 4.95. The molecule has 0 unspecified atom stereocenters. The van der Waals surface area contributed by atoms with Crippen LogP contribution in [-0.4, -0.2) is 26.0 Å². The van der Waals surface area contributed by atoms with Crippen molar-refractivity contribution < 1.29 is 4.74 Å². The molecule has 0 radical (unpaired) electrons. The minimum Gasteiger partial charge on any atom is -0.399 e. The average Bonchev–Trinajstić information content (AvgIpc) is 2.33. The Hall–Kier alpha value is -1.55. The van der Waals surface area contributed by atoms with Crippen molar-refractivity contribution in [1.82, 2.24) is 0 Å².